The molecule has 112 valence electrons. The molecular weight excluding hydrogens is 306 g/mol. The van der Waals surface area contributed by atoms with E-state index in [1.807, 2.05) is 35.4 Å². The summed E-state index contributed by atoms with van der Waals surface area (Å²) < 4.78 is 0. The number of hydrogen-bond donors (Lipinski definition) is 1. The number of pyridine rings is 1. The number of aryl methyl sites for hydroxylation is 1. The number of nitrogens with one attached hydrogen (secondary N) is 1. The maximum atomic E-state index is 12.5. The third-order valence-corrected chi connectivity index (χ3v) is 4.22. The predicted octanol–water partition coefficient (Wildman–Crippen LogP) is 2.59. The van der Waals surface area contributed by atoms with E-state index in [1.54, 1.807) is 11.3 Å². The number of hydrogen-bond acceptors (Lipinski definition) is 4. The first-order chi connectivity index (χ1) is 9.75. The first-order valence-corrected chi connectivity index (χ1v) is 7.70. The Kier molecular flexibility index (Phi) is 5.33. The molecule has 1 aliphatic rings. The van der Waals surface area contributed by atoms with E-state index < -0.39 is 0 Å². The summed E-state index contributed by atoms with van der Waals surface area (Å²) in [5.41, 5.74) is 3.56. The van der Waals surface area contributed by atoms with E-state index in [2.05, 4.69) is 15.7 Å². The van der Waals surface area contributed by atoms with Crippen molar-refractivity contribution in [2.45, 2.75) is 6.92 Å². The lowest BCUT2D eigenvalue weighted by molar-refractivity contribution is 0.0734. The number of nitrogens with zero attached hydrogens (tertiary/aromatic N) is 2. The fourth-order valence-corrected chi connectivity index (χ4v) is 3.05. The van der Waals surface area contributed by atoms with Crippen LogP contribution in [-0.4, -0.2) is 42.0 Å². The number of rotatable bonds is 2. The Labute approximate surface area is 134 Å². The lowest BCUT2D eigenvalue weighted by Gasteiger charge is -2.27. The van der Waals surface area contributed by atoms with Crippen molar-refractivity contribution in [2.75, 3.05) is 26.2 Å². The molecule has 1 N–H and O–H groups in total. The number of aromatic nitrogens is 1. The fraction of sp³-hybridized carbons (Fsp3) is 0.333. The molecular formula is C15H18ClN3OS. The van der Waals surface area contributed by atoms with Gasteiger partial charge in [-0.25, -0.2) is 0 Å². The van der Waals surface area contributed by atoms with Crippen LogP contribution < -0.4 is 5.32 Å². The van der Waals surface area contributed by atoms with Crippen LogP contribution in [-0.2, 0) is 0 Å². The van der Waals surface area contributed by atoms with Crippen LogP contribution in [0.1, 0.15) is 16.1 Å². The van der Waals surface area contributed by atoms with Crippen molar-refractivity contribution in [1.29, 1.82) is 0 Å². The van der Waals surface area contributed by atoms with Gasteiger partial charge >= 0.3 is 0 Å². The third kappa shape index (κ3) is 3.43. The Hall–Kier alpha value is -1.43. The monoisotopic (exact) mass is 323 g/mol. The molecule has 4 nitrogen and oxygen atoms in total. The molecule has 0 radical (unpaired) electrons. The Balaban J connectivity index is 0.00000161. The molecule has 21 heavy (non-hydrogen) atoms. The van der Waals surface area contributed by atoms with E-state index in [0.29, 0.717) is 5.56 Å². The Morgan fingerprint density at radius 1 is 1.29 bits per heavy atom. The SMILES string of the molecule is Cc1nc(-c2ccsc2)ccc1C(=O)N1CCNCC1.Cl. The lowest BCUT2D eigenvalue weighted by Crippen LogP contribution is -2.46. The van der Waals surface area contributed by atoms with Crippen LogP contribution in [0.3, 0.4) is 0 Å². The van der Waals surface area contributed by atoms with Gasteiger partial charge in [0.05, 0.1) is 17.0 Å². The van der Waals surface area contributed by atoms with Crippen LogP contribution in [0.5, 0.6) is 0 Å². The largest absolute Gasteiger partial charge is 0.336 e. The van der Waals surface area contributed by atoms with Gasteiger partial charge in [-0.05, 0) is 30.5 Å². The minimum absolute atomic E-state index is 0. The van der Waals surface area contributed by atoms with Crippen LogP contribution in [0, 0.1) is 6.92 Å². The summed E-state index contributed by atoms with van der Waals surface area (Å²) in [6.07, 6.45) is 0. The fourth-order valence-electron chi connectivity index (χ4n) is 2.40. The van der Waals surface area contributed by atoms with Crippen LogP contribution >= 0.6 is 23.7 Å². The summed E-state index contributed by atoms with van der Waals surface area (Å²) in [6, 6.07) is 5.88. The number of piperazine rings is 1. The highest BCUT2D eigenvalue weighted by Gasteiger charge is 2.20. The molecule has 0 aromatic carbocycles. The number of carbonyl (C=O) groups is 1. The Bertz CT molecular complexity index is 609. The minimum Gasteiger partial charge on any atom is -0.336 e. The quantitative estimate of drug-likeness (QED) is 0.924. The second kappa shape index (κ2) is 7.02. The molecule has 0 unspecified atom stereocenters. The van der Waals surface area contributed by atoms with Crippen molar-refractivity contribution >= 4 is 29.7 Å². The Morgan fingerprint density at radius 3 is 2.67 bits per heavy atom. The van der Waals surface area contributed by atoms with Crippen molar-refractivity contribution in [2.24, 2.45) is 0 Å². The van der Waals surface area contributed by atoms with Gasteiger partial charge in [-0.2, -0.15) is 11.3 Å². The molecule has 0 aliphatic carbocycles. The van der Waals surface area contributed by atoms with Crippen molar-refractivity contribution < 1.29 is 4.79 Å². The van der Waals surface area contributed by atoms with Crippen LogP contribution in [0.2, 0.25) is 0 Å². The molecule has 2 aromatic rings. The zero-order valence-corrected chi connectivity index (χ0v) is 13.5. The van der Waals surface area contributed by atoms with Crippen molar-refractivity contribution in [3.05, 3.63) is 40.2 Å². The van der Waals surface area contributed by atoms with Crippen molar-refractivity contribution in [3.63, 3.8) is 0 Å². The highest BCUT2D eigenvalue weighted by molar-refractivity contribution is 7.08. The van der Waals surface area contributed by atoms with Crippen molar-refractivity contribution in [3.8, 4) is 11.3 Å². The predicted molar refractivity (Wildman–Crippen MR) is 88.3 cm³/mol. The van der Waals surface area contributed by atoms with E-state index in [0.717, 1.165) is 43.1 Å². The van der Waals surface area contributed by atoms with Gasteiger partial charge in [0.1, 0.15) is 0 Å². The molecule has 3 heterocycles. The summed E-state index contributed by atoms with van der Waals surface area (Å²) in [5, 5.41) is 7.36. The molecule has 0 bridgehead atoms. The molecule has 0 saturated carbocycles. The second-order valence-electron chi connectivity index (χ2n) is 4.88. The molecule has 6 heteroatoms. The van der Waals surface area contributed by atoms with Gasteiger partial charge in [0, 0.05) is 37.1 Å². The third-order valence-electron chi connectivity index (χ3n) is 3.54. The number of carbonyl (C=O) groups excluding carboxylic acids is 1. The van der Waals surface area contributed by atoms with Crippen LogP contribution in [0.4, 0.5) is 0 Å². The minimum atomic E-state index is 0. The zero-order chi connectivity index (χ0) is 13.9. The average Bonchev–Trinajstić information content (AvgIpc) is 3.01. The van der Waals surface area contributed by atoms with Gasteiger partial charge in [0.25, 0.3) is 5.91 Å². The highest BCUT2D eigenvalue weighted by Crippen LogP contribution is 2.22. The van der Waals surface area contributed by atoms with Crippen LogP contribution in [0.25, 0.3) is 11.3 Å². The van der Waals surface area contributed by atoms with Gasteiger partial charge in [-0.1, -0.05) is 0 Å². The number of thiophene rings is 1. The van der Waals surface area contributed by atoms with Gasteiger partial charge in [-0.15, -0.1) is 12.4 Å². The second-order valence-corrected chi connectivity index (χ2v) is 5.66. The summed E-state index contributed by atoms with van der Waals surface area (Å²) in [7, 11) is 0. The van der Waals surface area contributed by atoms with Gasteiger partial charge < -0.3 is 10.2 Å². The smallest absolute Gasteiger partial charge is 0.255 e. The van der Waals surface area contributed by atoms with E-state index in [4.69, 9.17) is 0 Å². The number of amides is 1. The van der Waals surface area contributed by atoms with E-state index in [1.165, 1.54) is 0 Å². The molecule has 1 amide bonds. The Morgan fingerprint density at radius 2 is 2.05 bits per heavy atom. The van der Waals surface area contributed by atoms with E-state index in [9.17, 15) is 4.79 Å². The van der Waals surface area contributed by atoms with Crippen LogP contribution in [0.15, 0.2) is 29.0 Å². The van der Waals surface area contributed by atoms with Gasteiger partial charge in [0.2, 0.25) is 0 Å². The summed E-state index contributed by atoms with van der Waals surface area (Å²) in [5.74, 6) is 0.0911. The summed E-state index contributed by atoms with van der Waals surface area (Å²) in [4.78, 5) is 18.9. The lowest BCUT2D eigenvalue weighted by atomic mass is 10.1. The van der Waals surface area contributed by atoms with Gasteiger partial charge in [-0.3, -0.25) is 9.78 Å². The first kappa shape index (κ1) is 15.9. The maximum Gasteiger partial charge on any atom is 0.255 e. The summed E-state index contributed by atoms with van der Waals surface area (Å²) in [6.45, 7) is 5.18. The molecule has 0 atom stereocenters. The molecule has 2 aromatic heterocycles. The maximum absolute atomic E-state index is 12.5. The van der Waals surface area contributed by atoms with E-state index >= 15 is 0 Å². The molecule has 3 rings (SSSR count). The summed E-state index contributed by atoms with van der Waals surface area (Å²) >= 11 is 1.65. The molecule has 1 saturated heterocycles. The molecule has 0 spiro atoms. The van der Waals surface area contributed by atoms with Gasteiger partial charge in [0.15, 0.2) is 0 Å². The number of halogens is 1. The average molecular weight is 324 g/mol. The van der Waals surface area contributed by atoms with E-state index in [-0.39, 0.29) is 18.3 Å². The molecule has 1 fully saturated rings. The standard InChI is InChI=1S/C15H17N3OS.ClH/c1-11-13(15(19)18-7-5-16-6-8-18)2-3-14(17-11)12-4-9-20-10-12;/h2-4,9-10,16H,5-8H2,1H3;1H. The highest BCUT2D eigenvalue weighted by atomic mass is 35.5. The topological polar surface area (TPSA) is 45.2 Å². The molecule has 1 aliphatic heterocycles. The zero-order valence-electron chi connectivity index (χ0n) is 11.8. The normalized spacial score (nSPS) is 14.6. The van der Waals surface area contributed by atoms with Crippen molar-refractivity contribution in [1.82, 2.24) is 15.2 Å². The first-order valence-electron chi connectivity index (χ1n) is 6.76.